The molecule has 6 nitrogen and oxygen atoms in total. The summed E-state index contributed by atoms with van der Waals surface area (Å²) >= 11 is 4.90. The minimum Gasteiger partial charge on any atom is -0.463 e. The lowest BCUT2D eigenvalue weighted by atomic mass is 10.4. The second-order valence-corrected chi connectivity index (χ2v) is 5.86. The van der Waals surface area contributed by atoms with Crippen LogP contribution in [0.5, 0.6) is 6.01 Å². The van der Waals surface area contributed by atoms with Crippen LogP contribution in [0.3, 0.4) is 0 Å². The quantitative estimate of drug-likeness (QED) is 0.818. The molecule has 0 aromatic carbocycles. The number of rotatable bonds is 5. The third-order valence-electron chi connectivity index (χ3n) is 1.97. The van der Waals surface area contributed by atoms with E-state index in [0.717, 1.165) is 8.66 Å². The highest BCUT2D eigenvalue weighted by Gasteiger charge is 2.05. The van der Waals surface area contributed by atoms with E-state index in [1.54, 1.807) is 17.4 Å². The van der Waals surface area contributed by atoms with Crippen LogP contribution in [0.1, 0.15) is 11.8 Å². The smallest absolute Gasteiger partial charge is 0.337 e. The standard InChI is InChI=1S/C11H11BrN4O2S/c1-2-18-11-14-10(15-16-11)13-9(17)6-4-7-3-5-8(12)19-7/h3-6H,2H2,1H3,(H2,13,14,15,16,17)/b6-4+. The molecule has 0 aliphatic carbocycles. The van der Waals surface area contributed by atoms with Crippen molar-refractivity contribution in [3.63, 3.8) is 0 Å². The van der Waals surface area contributed by atoms with Crippen LogP contribution >= 0.6 is 27.3 Å². The highest BCUT2D eigenvalue weighted by atomic mass is 79.9. The number of halogens is 1. The van der Waals surface area contributed by atoms with E-state index in [4.69, 9.17) is 4.74 Å². The largest absolute Gasteiger partial charge is 0.463 e. The van der Waals surface area contributed by atoms with Crippen molar-refractivity contribution in [2.45, 2.75) is 6.92 Å². The number of aromatic amines is 1. The minimum atomic E-state index is -0.288. The fourth-order valence-corrected chi connectivity index (χ4v) is 2.56. The molecule has 0 radical (unpaired) electrons. The molecule has 8 heteroatoms. The van der Waals surface area contributed by atoms with Crippen LogP contribution in [0, 0.1) is 0 Å². The molecule has 0 aliphatic heterocycles. The van der Waals surface area contributed by atoms with Crippen LogP contribution in [0.15, 0.2) is 22.0 Å². The Morgan fingerprint density at radius 2 is 2.47 bits per heavy atom. The van der Waals surface area contributed by atoms with Crippen LogP contribution in [0.25, 0.3) is 6.08 Å². The van der Waals surface area contributed by atoms with E-state index >= 15 is 0 Å². The maximum Gasteiger partial charge on any atom is 0.337 e. The monoisotopic (exact) mass is 342 g/mol. The molecule has 19 heavy (non-hydrogen) atoms. The Morgan fingerprint density at radius 1 is 1.63 bits per heavy atom. The minimum absolute atomic E-state index is 0.212. The molecule has 2 aromatic heterocycles. The van der Waals surface area contributed by atoms with Gasteiger partial charge in [-0.2, -0.15) is 4.98 Å². The van der Waals surface area contributed by atoms with Gasteiger partial charge < -0.3 is 4.74 Å². The zero-order valence-corrected chi connectivity index (χ0v) is 12.4. The number of hydrogen-bond acceptors (Lipinski definition) is 5. The van der Waals surface area contributed by atoms with Crippen molar-refractivity contribution in [1.82, 2.24) is 15.2 Å². The van der Waals surface area contributed by atoms with Crippen molar-refractivity contribution in [2.24, 2.45) is 0 Å². The molecule has 0 atom stereocenters. The normalized spacial score (nSPS) is 10.8. The van der Waals surface area contributed by atoms with Crippen molar-refractivity contribution < 1.29 is 9.53 Å². The van der Waals surface area contributed by atoms with E-state index in [1.807, 2.05) is 19.1 Å². The number of carbonyl (C=O) groups excluding carboxylic acids is 1. The van der Waals surface area contributed by atoms with Gasteiger partial charge in [0.2, 0.25) is 5.95 Å². The van der Waals surface area contributed by atoms with Gasteiger partial charge in [-0.15, -0.1) is 16.4 Å². The summed E-state index contributed by atoms with van der Waals surface area (Å²) in [6, 6.07) is 4.05. The molecule has 0 unspecified atom stereocenters. The SMILES string of the molecule is CCOc1n[nH]c(NC(=O)/C=C/c2ccc(Br)s2)n1. The third-order valence-corrected chi connectivity index (χ3v) is 3.56. The second-order valence-electron chi connectivity index (χ2n) is 3.36. The summed E-state index contributed by atoms with van der Waals surface area (Å²) in [6.45, 7) is 2.30. The van der Waals surface area contributed by atoms with Gasteiger partial charge in [0.15, 0.2) is 0 Å². The second kappa shape index (κ2) is 6.48. The Labute approximate surface area is 122 Å². The zero-order chi connectivity index (χ0) is 13.7. The number of hydrogen-bond donors (Lipinski definition) is 2. The van der Waals surface area contributed by atoms with Crippen molar-refractivity contribution in [3.05, 3.63) is 26.9 Å². The van der Waals surface area contributed by atoms with E-state index in [9.17, 15) is 4.79 Å². The predicted molar refractivity (Wildman–Crippen MR) is 77.2 cm³/mol. The van der Waals surface area contributed by atoms with E-state index in [1.165, 1.54) is 6.08 Å². The number of carbonyl (C=O) groups is 1. The van der Waals surface area contributed by atoms with Crippen LogP contribution in [0.2, 0.25) is 0 Å². The number of thiophene rings is 1. The molecule has 2 N–H and O–H groups in total. The van der Waals surface area contributed by atoms with Gasteiger partial charge in [0.05, 0.1) is 10.4 Å². The van der Waals surface area contributed by atoms with Crippen LogP contribution in [-0.4, -0.2) is 27.7 Å². The molecule has 0 bridgehead atoms. The van der Waals surface area contributed by atoms with E-state index in [2.05, 4.69) is 36.4 Å². The molecule has 2 aromatic rings. The van der Waals surface area contributed by atoms with E-state index in [0.29, 0.717) is 6.61 Å². The summed E-state index contributed by atoms with van der Waals surface area (Å²) in [5.74, 6) is -0.0332. The first-order chi connectivity index (χ1) is 9.17. The van der Waals surface area contributed by atoms with Crippen molar-refractivity contribution in [1.29, 1.82) is 0 Å². The molecular weight excluding hydrogens is 332 g/mol. The van der Waals surface area contributed by atoms with Gasteiger partial charge >= 0.3 is 6.01 Å². The summed E-state index contributed by atoms with van der Waals surface area (Å²) in [7, 11) is 0. The van der Waals surface area contributed by atoms with Gasteiger partial charge in [-0.3, -0.25) is 10.1 Å². The van der Waals surface area contributed by atoms with Crippen molar-refractivity contribution in [3.8, 4) is 6.01 Å². The molecule has 0 saturated carbocycles. The Balaban J connectivity index is 1.91. The molecule has 2 heterocycles. The molecule has 0 aliphatic rings. The van der Waals surface area contributed by atoms with Gasteiger partial charge in [-0.05, 0) is 41.1 Å². The van der Waals surface area contributed by atoms with Crippen molar-refractivity contribution in [2.75, 3.05) is 11.9 Å². The highest BCUT2D eigenvalue weighted by molar-refractivity contribution is 9.11. The maximum atomic E-state index is 11.6. The molecule has 0 spiro atoms. The van der Waals surface area contributed by atoms with Crippen molar-refractivity contribution >= 4 is 45.2 Å². The first-order valence-electron chi connectivity index (χ1n) is 5.47. The van der Waals surface area contributed by atoms with Gasteiger partial charge in [0.1, 0.15) is 0 Å². The summed E-state index contributed by atoms with van der Waals surface area (Å²) in [4.78, 5) is 16.5. The number of aromatic nitrogens is 3. The first kappa shape index (κ1) is 13.8. The average molecular weight is 343 g/mol. The number of anilines is 1. The summed E-state index contributed by atoms with van der Waals surface area (Å²) in [6.07, 6.45) is 3.16. The summed E-state index contributed by atoms with van der Waals surface area (Å²) in [5, 5.41) is 8.90. The number of nitrogens with one attached hydrogen (secondary N) is 2. The Kier molecular flexibility index (Phi) is 4.69. The Morgan fingerprint density at radius 3 is 3.16 bits per heavy atom. The van der Waals surface area contributed by atoms with Gasteiger partial charge in [0, 0.05) is 11.0 Å². The fourth-order valence-electron chi connectivity index (χ4n) is 1.23. The molecule has 0 saturated heterocycles. The third kappa shape index (κ3) is 4.18. The van der Waals surface area contributed by atoms with Crippen LogP contribution in [0.4, 0.5) is 5.95 Å². The number of ether oxygens (including phenoxy) is 1. The predicted octanol–water partition coefficient (Wildman–Crippen LogP) is 2.68. The van der Waals surface area contributed by atoms with Gasteiger partial charge in [-0.1, -0.05) is 0 Å². The van der Waals surface area contributed by atoms with E-state index in [-0.39, 0.29) is 17.9 Å². The molecular formula is C11H11BrN4O2S. The summed E-state index contributed by atoms with van der Waals surface area (Å²) < 4.78 is 6.09. The zero-order valence-electron chi connectivity index (χ0n) is 10.0. The average Bonchev–Trinajstić information content (AvgIpc) is 2.97. The highest BCUT2D eigenvalue weighted by Crippen LogP contribution is 2.22. The van der Waals surface area contributed by atoms with Gasteiger partial charge in [-0.25, -0.2) is 5.10 Å². The first-order valence-corrected chi connectivity index (χ1v) is 7.08. The summed E-state index contributed by atoms with van der Waals surface area (Å²) in [5.41, 5.74) is 0. The number of H-pyrrole nitrogens is 1. The fraction of sp³-hybridized carbons (Fsp3) is 0.182. The molecule has 1 amide bonds. The Bertz CT molecular complexity index is 593. The maximum absolute atomic E-state index is 11.6. The van der Waals surface area contributed by atoms with Crippen LogP contribution in [-0.2, 0) is 4.79 Å². The lowest BCUT2D eigenvalue weighted by molar-refractivity contribution is -0.111. The lowest BCUT2D eigenvalue weighted by Gasteiger charge is -1.94. The molecule has 2 rings (SSSR count). The topological polar surface area (TPSA) is 79.9 Å². The Hall–Kier alpha value is -1.67. The molecule has 100 valence electrons. The number of amides is 1. The number of nitrogens with zero attached hydrogens (tertiary/aromatic N) is 2. The molecule has 0 fully saturated rings. The van der Waals surface area contributed by atoms with E-state index < -0.39 is 0 Å². The lowest BCUT2D eigenvalue weighted by Crippen LogP contribution is -2.09. The van der Waals surface area contributed by atoms with Crippen LogP contribution < -0.4 is 10.1 Å². The van der Waals surface area contributed by atoms with Gasteiger partial charge in [0.25, 0.3) is 5.91 Å².